The molecule has 0 saturated carbocycles. The summed E-state index contributed by atoms with van der Waals surface area (Å²) in [4.78, 5) is 26.9. The molecule has 156 valence electrons. The fourth-order valence-electron chi connectivity index (χ4n) is 3.41. The number of fused-ring (bicyclic) bond motifs is 1. The molecule has 1 aliphatic rings. The van der Waals surface area contributed by atoms with Crippen molar-refractivity contribution < 1.29 is 23.5 Å². The van der Waals surface area contributed by atoms with Gasteiger partial charge in [-0.25, -0.2) is 9.29 Å². The molecule has 1 saturated heterocycles. The molecule has 2 amide bonds. The number of anilines is 1. The van der Waals surface area contributed by atoms with Gasteiger partial charge in [0.15, 0.2) is 5.11 Å². The largest absolute Gasteiger partial charge is 0.497 e. The summed E-state index contributed by atoms with van der Waals surface area (Å²) in [6, 6.07) is 14.8. The van der Waals surface area contributed by atoms with Crippen molar-refractivity contribution in [1.29, 1.82) is 0 Å². The number of benzene rings is 3. The molecular weight excluding hydrogens is 419 g/mol. The number of carbonyl (C=O) groups excluding carboxylic acids is 2. The number of nitrogens with zero attached hydrogens (tertiary/aromatic N) is 1. The van der Waals surface area contributed by atoms with E-state index in [1.165, 1.54) is 31.4 Å². The van der Waals surface area contributed by atoms with Crippen LogP contribution in [0.15, 0.2) is 60.2 Å². The second kappa shape index (κ2) is 8.16. The van der Waals surface area contributed by atoms with Crippen LogP contribution in [0.1, 0.15) is 5.56 Å². The van der Waals surface area contributed by atoms with Crippen LogP contribution in [0.3, 0.4) is 0 Å². The lowest BCUT2D eigenvalue weighted by molar-refractivity contribution is -0.122. The third-order valence-electron chi connectivity index (χ3n) is 4.93. The van der Waals surface area contributed by atoms with Gasteiger partial charge in [0.05, 0.1) is 19.9 Å². The highest BCUT2D eigenvalue weighted by Gasteiger charge is 2.36. The number of halogens is 1. The summed E-state index contributed by atoms with van der Waals surface area (Å²) in [5.41, 5.74) is 0.263. The van der Waals surface area contributed by atoms with E-state index < -0.39 is 17.6 Å². The van der Waals surface area contributed by atoms with E-state index in [1.54, 1.807) is 25.3 Å². The molecule has 3 aromatic carbocycles. The number of thiocarbonyl (C=S) groups is 1. The van der Waals surface area contributed by atoms with Crippen LogP contribution in [-0.2, 0) is 9.59 Å². The molecule has 0 unspecified atom stereocenters. The Balaban J connectivity index is 1.90. The van der Waals surface area contributed by atoms with Gasteiger partial charge in [-0.2, -0.15) is 0 Å². The van der Waals surface area contributed by atoms with Gasteiger partial charge in [-0.05, 0) is 59.4 Å². The minimum absolute atomic E-state index is 0.0463. The monoisotopic (exact) mass is 436 g/mol. The summed E-state index contributed by atoms with van der Waals surface area (Å²) in [6.07, 6.45) is 1.42. The SMILES string of the molecule is COc1ccc2ccc(OC)c(/C=C3/C(=O)NC(=S)N(c4ccccc4F)C3=O)c2c1. The fraction of sp³-hybridized carbons (Fsp3) is 0.0870. The number of methoxy groups -OCH3 is 2. The first-order chi connectivity index (χ1) is 14.9. The highest BCUT2D eigenvalue weighted by Crippen LogP contribution is 2.33. The lowest BCUT2D eigenvalue weighted by atomic mass is 9.99. The lowest BCUT2D eigenvalue weighted by Gasteiger charge is -2.29. The Labute approximate surface area is 182 Å². The predicted octanol–water partition coefficient (Wildman–Crippen LogP) is 3.83. The number of hydrogen-bond acceptors (Lipinski definition) is 5. The summed E-state index contributed by atoms with van der Waals surface area (Å²) < 4.78 is 25.1. The molecule has 1 fully saturated rings. The van der Waals surface area contributed by atoms with Gasteiger partial charge in [0.25, 0.3) is 11.8 Å². The molecule has 1 heterocycles. The van der Waals surface area contributed by atoms with Crippen LogP contribution in [-0.4, -0.2) is 31.1 Å². The Morgan fingerprint density at radius 1 is 1.03 bits per heavy atom. The Morgan fingerprint density at radius 2 is 1.77 bits per heavy atom. The van der Waals surface area contributed by atoms with Gasteiger partial charge in [-0.3, -0.25) is 14.9 Å². The van der Waals surface area contributed by atoms with E-state index in [0.717, 1.165) is 15.7 Å². The van der Waals surface area contributed by atoms with Crippen molar-refractivity contribution in [3.8, 4) is 11.5 Å². The summed E-state index contributed by atoms with van der Waals surface area (Å²) in [5.74, 6) is -0.986. The molecule has 0 atom stereocenters. The van der Waals surface area contributed by atoms with Gasteiger partial charge in [-0.1, -0.05) is 24.3 Å². The molecule has 31 heavy (non-hydrogen) atoms. The molecule has 0 bridgehead atoms. The Kier molecular flexibility index (Phi) is 5.39. The average Bonchev–Trinajstić information content (AvgIpc) is 2.77. The van der Waals surface area contributed by atoms with E-state index in [0.29, 0.717) is 17.1 Å². The number of carbonyl (C=O) groups is 2. The molecule has 0 spiro atoms. The van der Waals surface area contributed by atoms with Crippen molar-refractivity contribution in [1.82, 2.24) is 5.32 Å². The van der Waals surface area contributed by atoms with Crippen molar-refractivity contribution in [2.75, 3.05) is 19.1 Å². The molecule has 3 aromatic rings. The summed E-state index contributed by atoms with van der Waals surface area (Å²) in [7, 11) is 3.04. The van der Waals surface area contributed by atoms with Crippen LogP contribution in [0.4, 0.5) is 10.1 Å². The maximum absolute atomic E-state index is 14.4. The maximum atomic E-state index is 14.4. The molecule has 0 aromatic heterocycles. The third-order valence-corrected chi connectivity index (χ3v) is 5.22. The number of nitrogens with one attached hydrogen (secondary N) is 1. The van der Waals surface area contributed by atoms with E-state index in [-0.39, 0.29) is 16.4 Å². The number of rotatable bonds is 4. The standard InChI is InChI=1S/C23H17FN2O4S/c1-29-14-9-7-13-8-10-20(30-2)16(15(13)11-14)12-17-21(27)25-23(31)26(22(17)28)19-6-4-3-5-18(19)24/h3-12H,1-2H3,(H,25,27,31)/b17-12-. The van der Waals surface area contributed by atoms with Crippen LogP contribution in [0.5, 0.6) is 11.5 Å². The zero-order valence-corrected chi connectivity index (χ0v) is 17.5. The number of ether oxygens (including phenoxy) is 2. The Morgan fingerprint density at radius 3 is 2.48 bits per heavy atom. The molecule has 8 heteroatoms. The highest BCUT2D eigenvalue weighted by molar-refractivity contribution is 7.80. The zero-order valence-electron chi connectivity index (χ0n) is 16.6. The van der Waals surface area contributed by atoms with Crippen molar-refractivity contribution in [3.63, 3.8) is 0 Å². The van der Waals surface area contributed by atoms with Gasteiger partial charge in [-0.15, -0.1) is 0 Å². The van der Waals surface area contributed by atoms with Crippen LogP contribution in [0.2, 0.25) is 0 Å². The minimum Gasteiger partial charge on any atom is -0.497 e. The molecule has 1 N–H and O–H groups in total. The Hall–Kier alpha value is -3.78. The number of amides is 2. The molecular formula is C23H17FN2O4S. The molecule has 6 nitrogen and oxygen atoms in total. The third kappa shape index (κ3) is 3.62. The molecule has 0 aliphatic carbocycles. The summed E-state index contributed by atoms with van der Waals surface area (Å²) in [5, 5.41) is 3.85. The first-order valence-electron chi connectivity index (χ1n) is 9.25. The van der Waals surface area contributed by atoms with Crippen molar-refractivity contribution in [3.05, 3.63) is 71.6 Å². The van der Waals surface area contributed by atoms with Gasteiger partial charge in [0.1, 0.15) is 22.9 Å². The van der Waals surface area contributed by atoms with Gasteiger partial charge < -0.3 is 9.47 Å². The Bertz CT molecular complexity index is 1270. The normalized spacial score (nSPS) is 15.4. The first-order valence-corrected chi connectivity index (χ1v) is 9.66. The van der Waals surface area contributed by atoms with Crippen LogP contribution >= 0.6 is 12.2 Å². The highest BCUT2D eigenvalue weighted by atomic mass is 32.1. The molecule has 4 rings (SSSR count). The van der Waals surface area contributed by atoms with Crippen molar-refractivity contribution in [2.45, 2.75) is 0 Å². The zero-order chi connectivity index (χ0) is 22.1. The van der Waals surface area contributed by atoms with Crippen LogP contribution in [0, 0.1) is 5.82 Å². The smallest absolute Gasteiger partial charge is 0.270 e. The van der Waals surface area contributed by atoms with E-state index >= 15 is 0 Å². The topological polar surface area (TPSA) is 67.9 Å². The predicted molar refractivity (Wildman–Crippen MR) is 120 cm³/mol. The first kappa shape index (κ1) is 20.5. The van der Waals surface area contributed by atoms with E-state index in [2.05, 4.69) is 5.32 Å². The van der Waals surface area contributed by atoms with E-state index in [1.807, 2.05) is 18.2 Å². The van der Waals surface area contributed by atoms with E-state index in [4.69, 9.17) is 21.7 Å². The average molecular weight is 436 g/mol. The van der Waals surface area contributed by atoms with Gasteiger partial charge >= 0.3 is 0 Å². The molecule has 0 radical (unpaired) electrons. The van der Waals surface area contributed by atoms with Crippen molar-refractivity contribution in [2.24, 2.45) is 0 Å². The van der Waals surface area contributed by atoms with E-state index in [9.17, 15) is 14.0 Å². The molecule has 1 aliphatic heterocycles. The summed E-state index contributed by atoms with van der Waals surface area (Å²) in [6.45, 7) is 0. The van der Waals surface area contributed by atoms with Gasteiger partial charge in [0, 0.05) is 5.56 Å². The van der Waals surface area contributed by atoms with Crippen LogP contribution in [0.25, 0.3) is 16.8 Å². The fourth-order valence-corrected chi connectivity index (χ4v) is 3.68. The number of para-hydroxylation sites is 1. The number of hydrogen-bond donors (Lipinski definition) is 1. The maximum Gasteiger partial charge on any atom is 0.270 e. The lowest BCUT2D eigenvalue weighted by Crippen LogP contribution is -2.54. The van der Waals surface area contributed by atoms with Gasteiger partial charge in [0.2, 0.25) is 0 Å². The second-order valence-electron chi connectivity index (χ2n) is 6.68. The van der Waals surface area contributed by atoms with Crippen molar-refractivity contribution >= 4 is 51.7 Å². The second-order valence-corrected chi connectivity index (χ2v) is 7.06. The quantitative estimate of drug-likeness (QED) is 0.383. The summed E-state index contributed by atoms with van der Waals surface area (Å²) >= 11 is 5.14. The minimum atomic E-state index is -0.735. The van der Waals surface area contributed by atoms with Crippen LogP contribution < -0.4 is 19.7 Å².